The summed E-state index contributed by atoms with van der Waals surface area (Å²) in [6.07, 6.45) is 2.27. The number of nitrogens with zero attached hydrogens (tertiary/aromatic N) is 1. The van der Waals surface area contributed by atoms with Gasteiger partial charge in [-0.2, -0.15) is 0 Å². The number of nitrogens with one attached hydrogen (secondary N) is 1. The van der Waals surface area contributed by atoms with E-state index in [0.717, 1.165) is 31.6 Å². The van der Waals surface area contributed by atoms with Crippen LogP contribution in [0.5, 0.6) is 0 Å². The van der Waals surface area contributed by atoms with Gasteiger partial charge in [0, 0.05) is 23.8 Å². The Morgan fingerprint density at radius 2 is 2.33 bits per heavy atom. The number of benzene rings is 1. The third-order valence-electron chi connectivity index (χ3n) is 3.23. The molecule has 1 aliphatic rings. The summed E-state index contributed by atoms with van der Waals surface area (Å²) in [6, 6.07) is 4.88. The monoisotopic (exact) mass is 267 g/mol. The molecule has 98 valence electrons. The van der Waals surface area contributed by atoms with Gasteiger partial charge >= 0.3 is 0 Å². The second-order valence-electron chi connectivity index (χ2n) is 4.80. The first kappa shape index (κ1) is 13.2. The van der Waals surface area contributed by atoms with Crippen molar-refractivity contribution in [2.24, 2.45) is 5.73 Å². The number of rotatable bonds is 3. The molecule has 1 unspecified atom stereocenters. The van der Waals surface area contributed by atoms with Crippen molar-refractivity contribution >= 4 is 22.9 Å². The standard InChI is InChI=1S/C13H18FN3S/c1-17-6-2-3-10(8-17)16-12-5-4-9(14)7-11(12)13(15)18/h4-5,7,10,16H,2-3,6,8H2,1H3,(H2,15,18). The molecule has 1 atom stereocenters. The summed E-state index contributed by atoms with van der Waals surface area (Å²) in [5.74, 6) is -0.316. The van der Waals surface area contributed by atoms with Gasteiger partial charge in [0.05, 0.1) is 0 Å². The van der Waals surface area contributed by atoms with Crippen LogP contribution in [0.1, 0.15) is 18.4 Å². The summed E-state index contributed by atoms with van der Waals surface area (Å²) in [4.78, 5) is 2.51. The Hall–Kier alpha value is -1.20. The SMILES string of the molecule is CN1CCCC(Nc2ccc(F)cc2C(N)=S)C1. The highest BCUT2D eigenvalue weighted by Gasteiger charge is 2.18. The Balaban J connectivity index is 2.15. The highest BCUT2D eigenvalue weighted by Crippen LogP contribution is 2.20. The average Bonchev–Trinajstić information content (AvgIpc) is 2.31. The minimum absolute atomic E-state index is 0.223. The molecule has 0 radical (unpaired) electrons. The molecule has 3 N–H and O–H groups in total. The first-order valence-corrected chi connectivity index (χ1v) is 6.51. The van der Waals surface area contributed by atoms with Gasteiger partial charge in [-0.05, 0) is 44.6 Å². The largest absolute Gasteiger partial charge is 0.389 e. The number of hydrogen-bond acceptors (Lipinski definition) is 3. The highest BCUT2D eigenvalue weighted by atomic mass is 32.1. The Morgan fingerprint density at radius 3 is 3.00 bits per heavy atom. The van der Waals surface area contributed by atoms with E-state index in [0.29, 0.717) is 11.6 Å². The number of hydrogen-bond donors (Lipinski definition) is 2. The number of thiocarbonyl (C=S) groups is 1. The Kier molecular flexibility index (Phi) is 4.14. The van der Waals surface area contributed by atoms with E-state index in [4.69, 9.17) is 18.0 Å². The number of piperidine rings is 1. The molecule has 0 aromatic heterocycles. The Bertz CT molecular complexity index is 450. The predicted octanol–water partition coefficient (Wildman–Crippen LogP) is 1.97. The molecule has 1 fully saturated rings. The van der Waals surface area contributed by atoms with Crippen molar-refractivity contribution in [1.29, 1.82) is 0 Å². The molecule has 18 heavy (non-hydrogen) atoms. The van der Waals surface area contributed by atoms with Gasteiger partial charge in [-0.1, -0.05) is 12.2 Å². The van der Waals surface area contributed by atoms with Crippen molar-refractivity contribution < 1.29 is 4.39 Å². The molecule has 5 heteroatoms. The van der Waals surface area contributed by atoms with Crippen LogP contribution in [0, 0.1) is 5.82 Å². The molecule has 0 aliphatic carbocycles. The molecule has 0 bridgehead atoms. The molecule has 1 aromatic rings. The predicted molar refractivity (Wildman–Crippen MR) is 76.4 cm³/mol. The lowest BCUT2D eigenvalue weighted by molar-refractivity contribution is 0.261. The van der Waals surface area contributed by atoms with Crippen LogP contribution in [-0.4, -0.2) is 36.1 Å². The van der Waals surface area contributed by atoms with Crippen LogP contribution >= 0.6 is 12.2 Å². The van der Waals surface area contributed by atoms with E-state index in [1.165, 1.54) is 12.1 Å². The van der Waals surface area contributed by atoms with Gasteiger partial charge in [-0.15, -0.1) is 0 Å². The number of anilines is 1. The zero-order valence-electron chi connectivity index (χ0n) is 10.4. The quantitative estimate of drug-likeness (QED) is 0.822. The third kappa shape index (κ3) is 3.17. The van der Waals surface area contributed by atoms with E-state index in [-0.39, 0.29) is 10.8 Å². The third-order valence-corrected chi connectivity index (χ3v) is 3.45. The molecule has 0 saturated carbocycles. The Morgan fingerprint density at radius 1 is 1.56 bits per heavy atom. The molecule has 1 aliphatic heterocycles. The first-order valence-electron chi connectivity index (χ1n) is 6.10. The van der Waals surface area contributed by atoms with Crippen LogP contribution in [0.3, 0.4) is 0 Å². The summed E-state index contributed by atoms with van der Waals surface area (Å²) in [5, 5.41) is 3.41. The van der Waals surface area contributed by atoms with E-state index in [2.05, 4.69) is 17.3 Å². The van der Waals surface area contributed by atoms with Gasteiger partial charge in [0.1, 0.15) is 10.8 Å². The second-order valence-corrected chi connectivity index (χ2v) is 5.24. The number of halogens is 1. The second kappa shape index (κ2) is 5.63. The maximum atomic E-state index is 13.2. The average molecular weight is 267 g/mol. The van der Waals surface area contributed by atoms with Gasteiger partial charge in [-0.3, -0.25) is 0 Å². The molecule has 1 saturated heterocycles. The maximum absolute atomic E-state index is 13.2. The van der Waals surface area contributed by atoms with Gasteiger partial charge in [0.2, 0.25) is 0 Å². The number of likely N-dealkylation sites (N-methyl/N-ethyl adjacent to an activating group) is 1. The van der Waals surface area contributed by atoms with Crippen molar-refractivity contribution in [1.82, 2.24) is 4.90 Å². The summed E-state index contributed by atoms with van der Waals surface area (Å²) in [5.41, 5.74) is 7.04. The van der Waals surface area contributed by atoms with Crippen LogP contribution in [0.25, 0.3) is 0 Å². The van der Waals surface area contributed by atoms with Gasteiger partial charge < -0.3 is 16.0 Å². The molecule has 0 amide bonds. The molecule has 2 rings (SSSR count). The molecule has 0 spiro atoms. The van der Waals surface area contributed by atoms with Crippen LogP contribution in [0.2, 0.25) is 0 Å². The topological polar surface area (TPSA) is 41.3 Å². The highest BCUT2D eigenvalue weighted by molar-refractivity contribution is 7.80. The summed E-state index contributed by atoms with van der Waals surface area (Å²) in [7, 11) is 2.10. The minimum atomic E-state index is -0.316. The van der Waals surface area contributed by atoms with Gasteiger partial charge in [-0.25, -0.2) is 4.39 Å². The Labute approximate surface area is 112 Å². The van der Waals surface area contributed by atoms with Gasteiger partial charge in [0.15, 0.2) is 0 Å². The zero-order valence-corrected chi connectivity index (χ0v) is 11.3. The smallest absolute Gasteiger partial charge is 0.124 e. The fourth-order valence-corrected chi connectivity index (χ4v) is 2.52. The lowest BCUT2D eigenvalue weighted by Gasteiger charge is -2.31. The normalized spacial score (nSPS) is 20.7. The fraction of sp³-hybridized carbons (Fsp3) is 0.462. The van der Waals surface area contributed by atoms with Crippen LogP contribution in [0.15, 0.2) is 18.2 Å². The van der Waals surface area contributed by atoms with E-state index in [9.17, 15) is 4.39 Å². The van der Waals surface area contributed by atoms with Crippen LogP contribution in [0.4, 0.5) is 10.1 Å². The van der Waals surface area contributed by atoms with E-state index < -0.39 is 0 Å². The fourth-order valence-electron chi connectivity index (χ4n) is 2.35. The van der Waals surface area contributed by atoms with Crippen molar-refractivity contribution in [2.45, 2.75) is 18.9 Å². The number of nitrogens with two attached hydrogens (primary N) is 1. The van der Waals surface area contributed by atoms with Crippen LogP contribution < -0.4 is 11.1 Å². The number of likely N-dealkylation sites (tertiary alicyclic amines) is 1. The molecule has 3 nitrogen and oxygen atoms in total. The van der Waals surface area contributed by atoms with Crippen molar-refractivity contribution in [3.63, 3.8) is 0 Å². The first-order chi connectivity index (χ1) is 8.56. The zero-order chi connectivity index (χ0) is 13.1. The molecule has 1 aromatic carbocycles. The van der Waals surface area contributed by atoms with E-state index in [1.54, 1.807) is 6.07 Å². The van der Waals surface area contributed by atoms with E-state index in [1.807, 2.05) is 0 Å². The minimum Gasteiger partial charge on any atom is -0.389 e. The molecular weight excluding hydrogens is 249 g/mol. The summed E-state index contributed by atoms with van der Waals surface area (Å²) in [6.45, 7) is 2.11. The summed E-state index contributed by atoms with van der Waals surface area (Å²) >= 11 is 4.96. The maximum Gasteiger partial charge on any atom is 0.124 e. The van der Waals surface area contributed by atoms with Gasteiger partial charge in [0.25, 0.3) is 0 Å². The van der Waals surface area contributed by atoms with E-state index >= 15 is 0 Å². The lowest BCUT2D eigenvalue weighted by atomic mass is 10.0. The summed E-state index contributed by atoms with van der Waals surface area (Å²) < 4.78 is 13.2. The van der Waals surface area contributed by atoms with Crippen molar-refractivity contribution in [3.05, 3.63) is 29.6 Å². The molecule has 1 heterocycles. The lowest BCUT2D eigenvalue weighted by Crippen LogP contribution is -2.40. The van der Waals surface area contributed by atoms with Crippen molar-refractivity contribution in [3.8, 4) is 0 Å². The molecular formula is C13H18FN3S. The van der Waals surface area contributed by atoms with Crippen molar-refractivity contribution in [2.75, 3.05) is 25.5 Å². The van der Waals surface area contributed by atoms with Crippen LogP contribution in [-0.2, 0) is 0 Å².